The van der Waals surface area contributed by atoms with E-state index >= 15 is 0 Å². The molecule has 0 spiro atoms. The van der Waals surface area contributed by atoms with Crippen LogP contribution in [0.4, 0.5) is 5.82 Å². The first-order valence-corrected chi connectivity index (χ1v) is 11.6. The van der Waals surface area contributed by atoms with E-state index in [1.54, 1.807) is 24.8 Å². The maximum atomic E-state index is 6.02. The van der Waals surface area contributed by atoms with E-state index in [0.29, 0.717) is 6.54 Å². The largest absolute Gasteiger partial charge is 0.497 e. The molecule has 5 rings (SSSR count). The summed E-state index contributed by atoms with van der Waals surface area (Å²) >= 11 is 1.70. The fraction of sp³-hybridized carbons (Fsp3) is 0.280. The van der Waals surface area contributed by atoms with Crippen molar-refractivity contribution in [3.05, 3.63) is 72.6 Å². The average molecular weight is 447 g/mol. The number of benzene rings is 2. The summed E-state index contributed by atoms with van der Waals surface area (Å²) in [7, 11) is 1.68. The molecule has 2 aromatic carbocycles. The van der Waals surface area contributed by atoms with Crippen LogP contribution in [0.3, 0.4) is 0 Å². The van der Waals surface area contributed by atoms with E-state index in [1.165, 1.54) is 5.56 Å². The maximum Gasteiger partial charge on any atom is 0.147 e. The van der Waals surface area contributed by atoms with Crippen LogP contribution in [-0.2, 0) is 11.3 Å². The summed E-state index contributed by atoms with van der Waals surface area (Å²) in [5.74, 6) is 1.72. The van der Waals surface area contributed by atoms with Crippen LogP contribution in [0.15, 0.2) is 67.0 Å². The Morgan fingerprint density at radius 3 is 2.78 bits per heavy atom. The van der Waals surface area contributed by atoms with Gasteiger partial charge in [0.2, 0.25) is 0 Å². The molecule has 2 aromatic heterocycles. The zero-order valence-corrected chi connectivity index (χ0v) is 18.8. The summed E-state index contributed by atoms with van der Waals surface area (Å²) < 4.78 is 12.4. The Morgan fingerprint density at radius 1 is 1.12 bits per heavy atom. The fourth-order valence-electron chi connectivity index (χ4n) is 3.98. The van der Waals surface area contributed by atoms with Gasteiger partial charge in [-0.05, 0) is 41.5 Å². The summed E-state index contributed by atoms with van der Waals surface area (Å²) in [5.41, 5.74) is 3.43. The summed E-state index contributed by atoms with van der Waals surface area (Å²) in [6.07, 6.45) is 1.75. The normalized spacial score (nSPS) is 16.8. The third-order valence-corrected chi connectivity index (χ3v) is 6.83. The summed E-state index contributed by atoms with van der Waals surface area (Å²) in [5, 5.41) is 3.51. The monoisotopic (exact) mass is 446 g/mol. The molecule has 0 amide bonds. The van der Waals surface area contributed by atoms with Crippen molar-refractivity contribution in [1.82, 2.24) is 14.9 Å². The molecule has 3 heterocycles. The number of rotatable bonds is 7. The Labute approximate surface area is 191 Å². The lowest BCUT2D eigenvalue weighted by molar-refractivity contribution is -0.0240. The Bertz CT molecular complexity index is 1160. The lowest BCUT2D eigenvalue weighted by Gasteiger charge is -2.33. The molecule has 1 N–H and O–H groups in total. The van der Waals surface area contributed by atoms with Crippen molar-refractivity contribution in [3.8, 4) is 16.2 Å². The van der Waals surface area contributed by atoms with Crippen molar-refractivity contribution in [2.75, 3.05) is 38.7 Å². The molecule has 1 atom stereocenters. The molecule has 0 saturated carbocycles. The predicted molar refractivity (Wildman–Crippen MR) is 129 cm³/mol. The van der Waals surface area contributed by atoms with Crippen LogP contribution in [-0.4, -0.2) is 54.3 Å². The summed E-state index contributed by atoms with van der Waals surface area (Å²) in [4.78, 5) is 12.6. The Balaban J connectivity index is 1.26. The van der Waals surface area contributed by atoms with Crippen molar-refractivity contribution in [3.63, 3.8) is 0 Å². The highest BCUT2D eigenvalue weighted by molar-refractivity contribution is 7.22. The maximum absolute atomic E-state index is 6.02. The SMILES string of the molecule is COc1ccc(-c2cc3ncnc(NCC4CN(Cc5ccccc5)CCO4)c3s2)cc1. The number of methoxy groups -OCH3 is 1. The number of anilines is 1. The summed E-state index contributed by atoms with van der Waals surface area (Å²) in [6.45, 7) is 4.28. The van der Waals surface area contributed by atoms with E-state index < -0.39 is 0 Å². The van der Waals surface area contributed by atoms with E-state index in [1.807, 2.05) is 12.1 Å². The van der Waals surface area contributed by atoms with Gasteiger partial charge in [0.05, 0.1) is 30.0 Å². The number of nitrogens with one attached hydrogen (secondary N) is 1. The van der Waals surface area contributed by atoms with Crippen molar-refractivity contribution in [2.45, 2.75) is 12.6 Å². The van der Waals surface area contributed by atoms with Crippen LogP contribution in [0, 0.1) is 0 Å². The molecule has 6 nitrogen and oxygen atoms in total. The lowest BCUT2D eigenvalue weighted by Crippen LogP contribution is -2.44. The number of hydrogen-bond acceptors (Lipinski definition) is 7. The number of aromatic nitrogens is 2. The zero-order valence-electron chi connectivity index (χ0n) is 18.0. The fourth-order valence-corrected chi connectivity index (χ4v) is 5.06. The van der Waals surface area contributed by atoms with Crippen LogP contribution < -0.4 is 10.1 Å². The zero-order chi connectivity index (χ0) is 21.8. The number of hydrogen-bond donors (Lipinski definition) is 1. The van der Waals surface area contributed by atoms with E-state index in [2.05, 4.69) is 68.7 Å². The van der Waals surface area contributed by atoms with E-state index in [9.17, 15) is 0 Å². The van der Waals surface area contributed by atoms with Crippen molar-refractivity contribution >= 4 is 27.4 Å². The van der Waals surface area contributed by atoms with E-state index in [4.69, 9.17) is 9.47 Å². The van der Waals surface area contributed by atoms with Crippen LogP contribution in [0.1, 0.15) is 5.56 Å². The number of fused-ring (bicyclic) bond motifs is 1. The molecule has 1 saturated heterocycles. The van der Waals surface area contributed by atoms with Crippen LogP contribution in [0.25, 0.3) is 20.7 Å². The van der Waals surface area contributed by atoms with Crippen LogP contribution >= 0.6 is 11.3 Å². The highest BCUT2D eigenvalue weighted by Crippen LogP contribution is 2.36. The molecule has 1 unspecified atom stereocenters. The molecule has 7 heteroatoms. The van der Waals surface area contributed by atoms with E-state index in [-0.39, 0.29) is 6.10 Å². The second-order valence-corrected chi connectivity index (χ2v) is 8.92. The van der Waals surface area contributed by atoms with Crippen LogP contribution in [0.2, 0.25) is 0 Å². The molecule has 1 aliphatic rings. The van der Waals surface area contributed by atoms with Gasteiger partial charge in [-0.1, -0.05) is 30.3 Å². The molecule has 4 aromatic rings. The minimum atomic E-state index is 0.124. The number of ether oxygens (including phenoxy) is 2. The molecule has 1 aliphatic heterocycles. The molecule has 164 valence electrons. The van der Waals surface area contributed by atoms with Crippen LogP contribution in [0.5, 0.6) is 5.75 Å². The standard InChI is InChI=1S/C25H26N4O2S/c1-30-20-9-7-19(8-10-20)23-13-22-24(32-23)25(28-17-27-22)26-14-21-16-29(11-12-31-21)15-18-5-3-2-4-6-18/h2-10,13,17,21H,11-12,14-16H2,1H3,(H,26,27,28). The predicted octanol–water partition coefficient (Wildman–Crippen LogP) is 4.68. The van der Waals surface area contributed by atoms with Gasteiger partial charge in [0.15, 0.2) is 0 Å². The van der Waals surface area contributed by atoms with Gasteiger partial charge < -0.3 is 14.8 Å². The highest BCUT2D eigenvalue weighted by Gasteiger charge is 2.21. The molecular formula is C25H26N4O2S. The van der Waals surface area contributed by atoms with Crippen molar-refractivity contribution < 1.29 is 9.47 Å². The Hall–Kier alpha value is -3.00. The summed E-state index contributed by atoms with van der Waals surface area (Å²) in [6, 6.07) is 20.8. The van der Waals surface area contributed by atoms with Crippen molar-refractivity contribution in [1.29, 1.82) is 0 Å². The number of thiophene rings is 1. The molecule has 32 heavy (non-hydrogen) atoms. The number of morpholine rings is 1. The topological polar surface area (TPSA) is 59.5 Å². The van der Waals surface area contributed by atoms with Gasteiger partial charge in [-0.15, -0.1) is 11.3 Å². The van der Waals surface area contributed by atoms with Gasteiger partial charge in [-0.25, -0.2) is 9.97 Å². The molecule has 0 bridgehead atoms. The molecular weight excluding hydrogens is 420 g/mol. The highest BCUT2D eigenvalue weighted by atomic mass is 32.1. The first-order valence-electron chi connectivity index (χ1n) is 10.8. The Morgan fingerprint density at radius 2 is 1.97 bits per heavy atom. The molecule has 0 radical (unpaired) electrons. The first-order chi connectivity index (χ1) is 15.8. The average Bonchev–Trinajstić information content (AvgIpc) is 3.29. The first kappa shape index (κ1) is 20.9. The smallest absolute Gasteiger partial charge is 0.147 e. The number of nitrogens with zero attached hydrogens (tertiary/aromatic N) is 3. The van der Waals surface area contributed by atoms with Gasteiger partial charge in [0.1, 0.15) is 17.9 Å². The minimum Gasteiger partial charge on any atom is -0.497 e. The minimum absolute atomic E-state index is 0.124. The second-order valence-electron chi connectivity index (χ2n) is 7.87. The van der Waals surface area contributed by atoms with Gasteiger partial charge in [-0.2, -0.15) is 0 Å². The van der Waals surface area contributed by atoms with Gasteiger partial charge in [0, 0.05) is 31.1 Å². The second kappa shape index (κ2) is 9.65. The van der Waals surface area contributed by atoms with Crippen molar-refractivity contribution in [2.24, 2.45) is 0 Å². The van der Waals surface area contributed by atoms with E-state index in [0.717, 1.165) is 58.5 Å². The third kappa shape index (κ3) is 4.75. The molecule has 0 aliphatic carbocycles. The van der Waals surface area contributed by atoms with Gasteiger partial charge in [-0.3, -0.25) is 4.90 Å². The molecule has 1 fully saturated rings. The van der Waals surface area contributed by atoms with Gasteiger partial charge >= 0.3 is 0 Å². The quantitative estimate of drug-likeness (QED) is 0.445. The Kier molecular flexibility index (Phi) is 6.29. The van der Waals surface area contributed by atoms with Gasteiger partial charge in [0.25, 0.3) is 0 Å². The lowest BCUT2D eigenvalue weighted by atomic mass is 10.2. The third-order valence-electron chi connectivity index (χ3n) is 5.65.